The number of amides is 2. The van der Waals surface area contributed by atoms with E-state index in [2.05, 4.69) is 0 Å². The Morgan fingerprint density at radius 1 is 0.964 bits per heavy atom. The highest BCUT2D eigenvalue weighted by Gasteiger charge is 2.46. The number of nitrogens with zero attached hydrogens (tertiary/aromatic N) is 3. The summed E-state index contributed by atoms with van der Waals surface area (Å²) in [4.78, 5) is 28.0. The zero-order valence-corrected chi connectivity index (χ0v) is 15.6. The lowest BCUT2D eigenvalue weighted by molar-refractivity contribution is -0.122. The van der Waals surface area contributed by atoms with Gasteiger partial charge in [-0.3, -0.25) is 14.5 Å². The second-order valence-corrected chi connectivity index (χ2v) is 7.70. The molecule has 0 bridgehead atoms. The predicted octanol–water partition coefficient (Wildman–Crippen LogP) is 3.79. The largest absolute Gasteiger partial charge is 0.274 e. The van der Waals surface area contributed by atoms with Gasteiger partial charge in [0.05, 0.1) is 11.6 Å². The van der Waals surface area contributed by atoms with Gasteiger partial charge in [0.2, 0.25) is 11.8 Å². The number of nitriles is 2. The number of hydrogen-bond donors (Lipinski definition) is 0. The van der Waals surface area contributed by atoms with Gasteiger partial charge in [-0.1, -0.05) is 36.4 Å². The molecular formula is C22H15N3O2S. The lowest BCUT2D eigenvalue weighted by Gasteiger charge is -2.30. The lowest BCUT2D eigenvalue weighted by atomic mass is 9.80. The fourth-order valence-corrected chi connectivity index (χ4v) is 5.14. The summed E-state index contributed by atoms with van der Waals surface area (Å²) in [5.74, 6) is -0.917. The molecule has 5 nitrogen and oxygen atoms in total. The molecule has 0 N–H and O–H groups in total. The highest BCUT2D eigenvalue weighted by Crippen LogP contribution is 2.47. The smallest absolute Gasteiger partial charge is 0.238 e. The van der Waals surface area contributed by atoms with E-state index < -0.39 is 5.92 Å². The van der Waals surface area contributed by atoms with Gasteiger partial charge in [-0.05, 0) is 29.3 Å². The van der Waals surface area contributed by atoms with Crippen LogP contribution >= 0.6 is 11.8 Å². The Hall–Kier alpha value is -3.35. The van der Waals surface area contributed by atoms with Crippen LogP contribution < -0.4 is 4.90 Å². The van der Waals surface area contributed by atoms with Crippen molar-refractivity contribution in [3.05, 3.63) is 65.7 Å². The van der Waals surface area contributed by atoms with Gasteiger partial charge in [-0.25, -0.2) is 0 Å². The molecule has 1 unspecified atom stereocenters. The fraction of sp³-hybridized carbons (Fsp3) is 0.182. The van der Waals surface area contributed by atoms with E-state index in [1.165, 1.54) is 4.90 Å². The fourth-order valence-electron chi connectivity index (χ4n) is 3.88. The highest BCUT2D eigenvalue weighted by atomic mass is 32.2. The van der Waals surface area contributed by atoms with Crippen molar-refractivity contribution in [1.82, 2.24) is 0 Å². The summed E-state index contributed by atoms with van der Waals surface area (Å²) in [6, 6.07) is 20.4. The summed E-state index contributed by atoms with van der Waals surface area (Å²) in [5.41, 5.74) is 1.95. The number of fused-ring (bicyclic) bond motifs is 1. The van der Waals surface area contributed by atoms with Crippen molar-refractivity contribution in [3.8, 4) is 12.1 Å². The Bertz CT molecular complexity index is 1060. The number of benzene rings is 2. The van der Waals surface area contributed by atoms with Crippen LogP contribution in [0.25, 0.3) is 5.57 Å². The first-order valence-corrected chi connectivity index (χ1v) is 9.82. The molecule has 0 aromatic heterocycles. The molecule has 2 atom stereocenters. The number of carbonyl (C=O) groups excluding carboxylic acids is 2. The molecule has 136 valence electrons. The van der Waals surface area contributed by atoms with Crippen molar-refractivity contribution < 1.29 is 9.59 Å². The van der Waals surface area contributed by atoms with Crippen molar-refractivity contribution in [2.24, 2.45) is 11.8 Å². The van der Waals surface area contributed by atoms with Crippen LogP contribution in [0.2, 0.25) is 0 Å². The summed E-state index contributed by atoms with van der Waals surface area (Å²) in [6.07, 6.45) is 0.0781. The summed E-state index contributed by atoms with van der Waals surface area (Å²) < 4.78 is 0. The third kappa shape index (κ3) is 2.89. The minimum Gasteiger partial charge on any atom is -0.274 e. The summed E-state index contributed by atoms with van der Waals surface area (Å²) in [7, 11) is 0. The van der Waals surface area contributed by atoms with Gasteiger partial charge in [-0.2, -0.15) is 10.5 Å². The number of carbonyl (C=O) groups is 2. The van der Waals surface area contributed by atoms with Crippen LogP contribution in [0.4, 0.5) is 5.69 Å². The summed E-state index contributed by atoms with van der Waals surface area (Å²) in [5, 5.41) is 19.0. The van der Waals surface area contributed by atoms with Gasteiger partial charge in [0, 0.05) is 23.0 Å². The van der Waals surface area contributed by atoms with Crippen LogP contribution in [0.1, 0.15) is 12.0 Å². The minimum atomic E-state index is -0.583. The van der Waals surface area contributed by atoms with E-state index in [0.717, 1.165) is 10.5 Å². The third-order valence-corrected chi connectivity index (χ3v) is 6.33. The Kier molecular flexibility index (Phi) is 4.73. The molecule has 28 heavy (non-hydrogen) atoms. The molecule has 1 saturated heterocycles. The van der Waals surface area contributed by atoms with Gasteiger partial charge in [0.1, 0.15) is 17.7 Å². The average Bonchev–Trinajstić information content (AvgIpc) is 3.03. The van der Waals surface area contributed by atoms with Crippen LogP contribution in [-0.2, 0) is 9.59 Å². The van der Waals surface area contributed by atoms with Crippen molar-refractivity contribution in [3.63, 3.8) is 0 Å². The molecule has 6 heteroatoms. The standard InChI is InChI=1S/C22H15N3O2S/c23-11-14(12-24)21-16-8-4-5-9-19(16)28-13-18(21)17-10-20(26)25(22(17)27)15-6-2-1-3-7-15/h1-9,17-18H,10,13H2/t17?,18-/m0/s1. The molecule has 2 aromatic rings. The molecule has 4 rings (SSSR count). The van der Waals surface area contributed by atoms with Crippen LogP contribution in [-0.4, -0.2) is 17.6 Å². The topological polar surface area (TPSA) is 85.0 Å². The molecule has 2 aromatic carbocycles. The molecule has 2 heterocycles. The Morgan fingerprint density at radius 3 is 2.36 bits per heavy atom. The van der Waals surface area contributed by atoms with E-state index in [-0.39, 0.29) is 29.7 Å². The number of imide groups is 1. The molecule has 2 aliphatic rings. The average molecular weight is 385 g/mol. The first kappa shape index (κ1) is 18.0. The summed E-state index contributed by atoms with van der Waals surface area (Å²) in [6.45, 7) is 0. The summed E-state index contributed by atoms with van der Waals surface area (Å²) >= 11 is 1.59. The maximum atomic E-state index is 13.2. The van der Waals surface area contributed by atoms with Crippen molar-refractivity contribution in [2.75, 3.05) is 10.7 Å². The molecule has 2 amide bonds. The van der Waals surface area contributed by atoms with Gasteiger partial charge >= 0.3 is 0 Å². The molecule has 0 radical (unpaired) electrons. The normalized spacial score (nSPS) is 21.1. The Labute approximate surface area is 166 Å². The van der Waals surface area contributed by atoms with Gasteiger partial charge in [0.15, 0.2) is 0 Å². The maximum Gasteiger partial charge on any atom is 0.238 e. The molecule has 0 spiro atoms. The predicted molar refractivity (Wildman–Crippen MR) is 106 cm³/mol. The number of hydrogen-bond acceptors (Lipinski definition) is 5. The first-order chi connectivity index (χ1) is 13.7. The Morgan fingerprint density at radius 2 is 1.64 bits per heavy atom. The highest BCUT2D eigenvalue weighted by molar-refractivity contribution is 7.99. The van der Waals surface area contributed by atoms with Crippen molar-refractivity contribution >= 4 is 34.8 Å². The molecule has 1 fully saturated rings. The van der Waals surface area contributed by atoms with Gasteiger partial charge < -0.3 is 0 Å². The van der Waals surface area contributed by atoms with Crippen molar-refractivity contribution in [1.29, 1.82) is 10.5 Å². The number of allylic oxidation sites excluding steroid dienone is 2. The van der Waals surface area contributed by atoms with E-state index in [1.807, 2.05) is 42.5 Å². The van der Waals surface area contributed by atoms with Crippen LogP contribution in [0.5, 0.6) is 0 Å². The van der Waals surface area contributed by atoms with Crippen LogP contribution in [0, 0.1) is 34.5 Å². The van der Waals surface area contributed by atoms with E-state index >= 15 is 0 Å². The number of anilines is 1. The number of rotatable bonds is 2. The van der Waals surface area contributed by atoms with E-state index in [0.29, 0.717) is 17.0 Å². The quantitative estimate of drug-likeness (QED) is 0.580. The zero-order chi connectivity index (χ0) is 19.7. The number of thioether (sulfide) groups is 1. The van der Waals surface area contributed by atoms with Crippen molar-refractivity contribution in [2.45, 2.75) is 11.3 Å². The van der Waals surface area contributed by atoms with E-state index in [9.17, 15) is 20.1 Å². The second-order valence-electron chi connectivity index (χ2n) is 6.64. The first-order valence-electron chi connectivity index (χ1n) is 8.84. The molecule has 0 saturated carbocycles. The molecule has 2 aliphatic heterocycles. The monoisotopic (exact) mass is 385 g/mol. The maximum absolute atomic E-state index is 13.2. The van der Waals surface area contributed by atoms with Gasteiger partial charge in [0.25, 0.3) is 0 Å². The second kappa shape index (κ2) is 7.34. The lowest BCUT2D eigenvalue weighted by Crippen LogP contribution is -2.33. The molecule has 0 aliphatic carbocycles. The van der Waals surface area contributed by atoms with E-state index in [4.69, 9.17) is 0 Å². The van der Waals surface area contributed by atoms with Crippen LogP contribution in [0.3, 0.4) is 0 Å². The van der Waals surface area contributed by atoms with Gasteiger partial charge in [-0.15, -0.1) is 11.8 Å². The Balaban J connectivity index is 1.78. The minimum absolute atomic E-state index is 0.0103. The molecular weight excluding hydrogens is 370 g/mol. The zero-order valence-electron chi connectivity index (χ0n) is 14.8. The van der Waals surface area contributed by atoms with E-state index in [1.54, 1.807) is 36.0 Å². The van der Waals surface area contributed by atoms with Crippen LogP contribution in [0.15, 0.2) is 65.1 Å². The SMILES string of the molecule is N#CC(C#N)=C1c2ccccc2SC[C@H]1C1CC(=O)N(c2ccccc2)C1=O. The number of para-hydroxylation sites is 1. The third-order valence-electron chi connectivity index (χ3n) is 5.14.